The molecule has 1 fully saturated rings. The molecule has 1 aliphatic rings. The van der Waals surface area contributed by atoms with Gasteiger partial charge in [0, 0.05) is 38.4 Å². The van der Waals surface area contributed by atoms with Crippen molar-refractivity contribution in [1.82, 2.24) is 19.7 Å². The molecule has 1 aromatic heterocycles. The number of anilines is 2. The van der Waals surface area contributed by atoms with Gasteiger partial charge < -0.3 is 5.32 Å². The highest BCUT2D eigenvalue weighted by atomic mass is 16.2. The maximum absolute atomic E-state index is 13.5. The number of aryl methyl sites for hydroxylation is 1. The summed E-state index contributed by atoms with van der Waals surface area (Å²) in [6, 6.07) is 19.8. The summed E-state index contributed by atoms with van der Waals surface area (Å²) in [6.45, 7) is 2.80. The molecule has 190 valence electrons. The van der Waals surface area contributed by atoms with Crippen molar-refractivity contribution in [1.29, 1.82) is 5.26 Å². The second kappa shape index (κ2) is 9.71. The smallest absolute Gasteiger partial charge is 0.350 e. The first-order valence-electron chi connectivity index (χ1n) is 12.0. The van der Waals surface area contributed by atoms with Gasteiger partial charge in [0.05, 0.1) is 23.0 Å². The van der Waals surface area contributed by atoms with Gasteiger partial charge in [-0.25, -0.2) is 18.8 Å². The quantitative estimate of drug-likeness (QED) is 0.445. The summed E-state index contributed by atoms with van der Waals surface area (Å²) in [4.78, 5) is 41.1. The first-order valence-corrected chi connectivity index (χ1v) is 12.0. The number of carbonyl (C=O) groups excluding carboxylic acids is 2. The fourth-order valence-corrected chi connectivity index (χ4v) is 4.67. The van der Waals surface area contributed by atoms with Crippen LogP contribution in [0.2, 0.25) is 0 Å². The van der Waals surface area contributed by atoms with E-state index in [1.165, 1.54) is 15.6 Å². The van der Waals surface area contributed by atoms with Crippen molar-refractivity contribution in [2.75, 3.05) is 29.9 Å². The van der Waals surface area contributed by atoms with Gasteiger partial charge in [-0.15, -0.1) is 0 Å². The van der Waals surface area contributed by atoms with E-state index in [1.807, 2.05) is 31.2 Å². The van der Waals surface area contributed by atoms with E-state index >= 15 is 0 Å². The van der Waals surface area contributed by atoms with Crippen molar-refractivity contribution in [2.45, 2.75) is 6.92 Å². The summed E-state index contributed by atoms with van der Waals surface area (Å²) in [5.41, 5.74) is 5.13. The molecule has 4 aromatic rings. The number of amides is 3. The number of benzene rings is 3. The Morgan fingerprint density at radius 1 is 1.00 bits per heavy atom. The van der Waals surface area contributed by atoms with E-state index < -0.39 is 0 Å². The lowest BCUT2D eigenvalue weighted by molar-refractivity contribution is 0.0963. The van der Waals surface area contributed by atoms with Crippen molar-refractivity contribution < 1.29 is 9.59 Å². The SMILES string of the molecule is CNC(=O)c1cccc(N2CCN(c3cc(C#N)cc(-c4ccc(-n5cnn(C)c5=O)cc4)c3C)C2=O)c1. The molecular formula is C28H25N7O3. The third-order valence-electron chi connectivity index (χ3n) is 6.74. The van der Waals surface area contributed by atoms with E-state index in [9.17, 15) is 19.6 Å². The Balaban J connectivity index is 1.49. The fraction of sp³-hybridized carbons (Fsp3) is 0.179. The summed E-state index contributed by atoms with van der Waals surface area (Å²) < 4.78 is 2.70. The summed E-state index contributed by atoms with van der Waals surface area (Å²) >= 11 is 0. The van der Waals surface area contributed by atoms with Crippen molar-refractivity contribution in [2.24, 2.45) is 7.05 Å². The van der Waals surface area contributed by atoms with Crippen LogP contribution >= 0.6 is 0 Å². The van der Waals surface area contributed by atoms with Crippen LogP contribution in [0.15, 0.2) is 71.8 Å². The molecule has 0 radical (unpaired) electrons. The molecule has 0 aliphatic carbocycles. The number of rotatable bonds is 5. The number of nitriles is 1. The van der Waals surface area contributed by atoms with Crippen LogP contribution < -0.4 is 20.8 Å². The van der Waals surface area contributed by atoms with Crippen LogP contribution in [0.4, 0.5) is 16.2 Å². The molecule has 3 aromatic carbocycles. The van der Waals surface area contributed by atoms with Crippen LogP contribution in [-0.2, 0) is 7.05 Å². The first-order chi connectivity index (χ1) is 18.3. The van der Waals surface area contributed by atoms with Crippen molar-refractivity contribution in [3.63, 3.8) is 0 Å². The molecule has 1 N–H and O–H groups in total. The third-order valence-corrected chi connectivity index (χ3v) is 6.74. The number of aromatic nitrogens is 3. The Hall–Kier alpha value is -5.17. The average Bonchev–Trinajstić information content (AvgIpc) is 3.49. The lowest BCUT2D eigenvalue weighted by atomic mass is 9.96. The number of carbonyl (C=O) groups is 2. The average molecular weight is 508 g/mol. The van der Waals surface area contributed by atoms with Crippen molar-refractivity contribution >= 4 is 23.3 Å². The number of nitrogens with one attached hydrogen (secondary N) is 1. The normalized spacial score (nSPS) is 13.1. The zero-order valence-corrected chi connectivity index (χ0v) is 21.2. The van der Waals surface area contributed by atoms with E-state index in [4.69, 9.17) is 0 Å². The molecule has 0 bridgehead atoms. The number of hydrogen-bond acceptors (Lipinski definition) is 5. The highest BCUT2D eigenvalue weighted by Gasteiger charge is 2.32. The van der Waals surface area contributed by atoms with Crippen molar-refractivity contribution in [3.05, 3.63) is 94.2 Å². The second-order valence-electron chi connectivity index (χ2n) is 8.95. The molecule has 0 atom stereocenters. The Bertz CT molecular complexity index is 1660. The highest BCUT2D eigenvalue weighted by molar-refractivity contribution is 6.07. The Kier molecular flexibility index (Phi) is 6.26. The van der Waals surface area contributed by atoms with E-state index in [-0.39, 0.29) is 17.6 Å². The van der Waals surface area contributed by atoms with E-state index in [0.29, 0.717) is 41.3 Å². The number of urea groups is 1. The lowest BCUT2D eigenvalue weighted by Gasteiger charge is -2.22. The minimum Gasteiger partial charge on any atom is -0.355 e. The molecule has 0 saturated carbocycles. The Labute approximate surface area is 218 Å². The molecule has 10 nitrogen and oxygen atoms in total. The number of hydrogen-bond donors (Lipinski definition) is 1. The molecule has 0 unspecified atom stereocenters. The van der Waals surface area contributed by atoms with Crippen LogP contribution in [0.3, 0.4) is 0 Å². The van der Waals surface area contributed by atoms with Gasteiger partial charge in [0.2, 0.25) is 0 Å². The predicted octanol–water partition coefficient (Wildman–Crippen LogP) is 3.22. The summed E-state index contributed by atoms with van der Waals surface area (Å²) in [7, 11) is 3.15. The van der Waals surface area contributed by atoms with Gasteiger partial charge in [-0.3, -0.25) is 14.6 Å². The van der Waals surface area contributed by atoms with Gasteiger partial charge in [-0.05, 0) is 66.1 Å². The zero-order valence-electron chi connectivity index (χ0n) is 21.2. The lowest BCUT2D eigenvalue weighted by Crippen LogP contribution is -2.32. The van der Waals surface area contributed by atoms with E-state index in [1.54, 1.807) is 60.3 Å². The zero-order chi connectivity index (χ0) is 27.0. The molecule has 10 heteroatoms. The molecule has 3 amide bonds. The van der Waals surface area contributed by atoms with Gasteiger partial charge >= 0.3 is 11.7 Å². The van der Waals surface area contributed by atoms with Crippen LogP contribution in [0.25, 0.3) is 16.8 Å². The number of nitrogens with zero attached hydrogens (tertiary/aromatic N) is 6. The summed E-state index contributed by atoms with van der Waals surface area (Å²) in [6.07, 6.45) is 1.46. The van der Waals surface area contributed by atoms with E-state index in [2.05, 4.69) is 16.5 Å². The highest BCUT2D eigenvalue weighted by Crippen LogP contribution is 2.35. The summed E-state index contributed by atoms with van der Waals surface area (Å²) in [5, 5.41) is 16.3. The van der Waals surface area contributed by atoms with E-state index in [0.717, 1.165) is 16.7 Å². The van der Waals surface area contributed by atoms with Gasteiger partial charge in [0.25, 0.3) is 5.91 Å². The largest absolute Gasteiger partial charge is 0.355 e. The first kappa shape index (κ1) is 24.5. The second-order valence-corrected chi connectivity index (χ2v) is 8.95. The van der Waals surface area contributed by atoms with Crippen LogP contribution in [0.1, 0.15) is 21.5 Å². The Morgan fingerprint density at radius 2 is 1.74 bits per heavy atom. The minimum atomic E-state index is -0.249. The monoisotopic (exact) mass is 507 g/mol. The molecule has 0 spiro atoms. The van der Waals surface area contributed by atoms with Crippen LogP contribution in [0, 0.1) is 18.3 Å². The van der Waals surface area contributed by atoms with Crippen LogP contribution in [-0.4, -0.2) is 46.4 Å². The molecule has 1 saturated heterocycles. The molecule has 5 rings (SSSR count). The predicted molar refractivity (Wildman–Crippen MR) is 144 cm³/mol. The molecule has 38 heavy (non-hydrogen) atoms. The fourth-order valence-electron chi connectivity index (χ4n) is 4.67. The van der Waals surface area contributed by atoms with Gasteiger partial charge in [0.1, 0.15) is 6.33 Å². The molecule has 2 heterocycles. The third kappa shape index (κ3) is 4.20. The topological polar surface area (TPSA) is 116 Å². The van der Waals surface area contributed by atoms with Gasteiger partial charge in [0.15, 0.2) is 0 Å². The minimum absolute atomic E-state index is 0.225. The van der Waals surface area contributed by atoms with Gasteiger partial charge in [-0.2, -0.15) is 10.4 Å². The van der Waals surface area contributed by atoms with Crippen LogP contribution in [0.5, 0.6) is 0 Å². The Morgan fingerprint density at radius 3 is 2.39 bits per heavy atom. The molecular weight excluding hydrogens is 482 g/mol. The maximum Gasteiger partial charge on any atom is 0.350 e. The standard InChI is InChI=1S/C28H25N7O3/c1-18-24(20-7-9-22(10-8-20)35-17-31-32(3)27(35)37)13-19(16-29)14-25(18)34-12-11-33(28(34)38)23-6-4-5-21(15-23)26(36)30-2/h4-10,13-15,17H,11-12H2,1-3H3,(H,30,36). The molecule has 1 aliphatic heterocycles. The summed E-state index contributed by atoms with van der Waals surface area (Å²) in [5.74, 6) is -0.225. The maximum atomic E-state index is 13.5. The van der Waals surface area contributed by atoms with Gasteiger partial charge in [-0.1, -0.05) is 18.2 Å². The van der Waals surface area contributed by atoms with Crippen molar-refractivity contribution in [3.8, 4) is 22.9 Å².